The molecule has 1 aliphatic carbocycles. The second-order valence-electron chi connectivity index (χ2n) is 9.69. The van der Waals surface area contributed by atoms with Crippen LogP contribution in [0, 0.1) is 23.5 Å². The Labute approximate surface area is 208 Å². The molecule has 2 aromatic carbocycles. The van der Waals surface area contributed by atoms with Crippen LogP contribution in [0.5, 0.6) is 11.5 Å². The third kappa shape index (κ3) is 3.09. The second-order valence-corrected chi connectivity index (χ2v) is 10.7. The summed E-state index contributed by atoms with van der Waals surface area (Å²) >= 11 is 1.41. The van der Waals surface area contributed by atoms with E-state index < -0.39 is 34.8 Å². The number of hydrogen-bond donors (Lipinski definition) is 1. The molecule has 1 amide bonds. The lowest BCUT2D eigenvalue weighted by Gasteiger charge is -2.44. The van der Waals surface area contributed by atoms with Gasteiger partial charge in [0.15, 0.2) is 23.1 Å². The molecule has 1 N–H and O–H groups in total. The number of aromatic hydroxyl groups is 1. The highest BCUT2D eigenvalue weighted by Gasteiger charge is 2.46. The van der Waals surface area contributed by atoms with Gasteiger partial charge in [-0.15, -0.1) is 11.8 Å². The van der Waals surface area contributed by atoms with Crippen LogP contribution in [0.4, 0.5) is 8.78 Å². The molecule has 1 saturated carbocycles. The quantitative estimate of drug-likeness (QED) is 0.499. The Morgan fingerprint density at radius 1 is 1.11 bits per heavy atom. The van der Waals surface area contributed by atoms with Crippen molar-refractivity contribution < 1.29 is 23.4 Å². The number of amides is 1. The predicted octanol–water partition coefficient (Wildman–Crippen LogP) is 3.61. The van der Waals surface area contributed by atoms with E-state index in [1.54, 1.807) is 4.90 Å². The topological polar surface area (TPSA) is 75.0 Å². The minimum atomic E-state index is -0.964. The second kappa shape index (κ2) is 7.73. The van der Waals surface area contributed by atoms with Crippen molar-refractivity contribution in [3.05, 3.63) is 86.8 Å². The van der Waals surface area contributed by atoms with Gasteiger partial charge in [-0.3, -0.25) is 19.3 Å². The first-order valence-corrected chi connectivity index (χ1v) is 12.8. The largest absolute Gasteiger partial charge is 0.502 e. The van der Waals surface area contributed by atoms with Crippen molar-refractivity contribution in [2.75, 3.05) is 24.8 Å². The van der Waals surface area contributed by atoms with E-state index >= 15 is 4.39 Å². The number of rotatable bonds is 0. The van der Waals surface area contributed by atoms with Gasteiger partial charge in [0.05, 0.1) is 6.61 Å². The molecule has 2 bridgehead atoms. The van der Waals surface area contributed by atoms with E-state index in [-0.39, 0.29) is 41.3 Å². The first kappa shape index (κ1) is 21.7. The normalized spacial score (nSPS) is 23.8. The van der Waals surface area contributed by atoms with Crippen LogP contribution in [-0.2, 0) is 5.75 Å². The summed E-state index contributed by atoms with van der Waals surface area (Å²) in [4.78, 5) is 28.3. The highest BCUT2D eigenvalue weighted by Crippen LogP contribution is 2.49. The summed E-state index contributed by atoms with van der Waals surface area (Å²) in [7, 11) is 0. The molecule has 3 aromatic rings. The molecule has 4 heterocycles. The Kier molecular flexibility index (Phi) is 4.67. The lowest BCUT2D eigenvalue weighted by molar-refractivity contribution is 0.0667. The highest BCUT2D eigenvalue weighted by molar-refractivity contribution is 7.98. The fourth-order valence-electron chi connectivity index (χ4n) is 5.63. The number of aromatic nitrogens is 1. The Balaban J connectivity index is 1.56. The Morgan fingerprint density at radius 2 is 1.94 bits per heavy atom. The third-order valence-electron chi connectivity index (χ3n) is 7.59. The van der Waals surface area contributed by atoms with Crippen molar-refractivity contribution in [3.8, 4) is 11.5 Å². The zero-order valence-corrected chi connectivity index (χ0v) is 19.8. The lowest BCUT2D eigenvalue weighted by atomic mass is 9.92. The summed E-state index contributed by atoms with van der Waals surface area (Å²) in [5.74, 6) is -2.12. The Hall–Kier alpha value is -3.53. The molecule has 1 fully saturated rings. The van der Waals surface area contributed by atoms with Crippen LogP contribution in [-0.4, -0.2) is 40.4 Å². The van der Waals surface area contributed by atoms with E-state index in [9.17, 15) is 19.1 Å². The number of carbonyl (C=O) groups is 1. The number of ether oxygens (including phenoxy) is 1. The number of fused-ring (bicyclic) bond motifs is 8. The van der Waals surface area contributed by atoms with Gasteiger partial charge in [0.1, 0.15) is 18.5 Å². The summed E-state index contributed by atoms with van der Waals surface area (Å²) in [6, 6.07) is 9.25. The van der Waals surface area contributed by atoms with Gasteiger partial charge in [0.25, 0.3) is 5.91 Å². The van der Waals surface area contributed by atoms with Crippen LogP contribution < -0.4 is 15.2 Å². The minimum absolute atomic E-state index is 0.133. The molecule has 1 aromatic heterocycles. The molecule has 0 spiro atoms. The van der Waals surface area contributed by atoms with Gasteiger partial charge in [-0.25, -0.2) is 8.78 Å². The van der Waals surface area contributed by atoms with E-state index in [1.807, 2.05) is 29.3 Å². The molecular formula is C26H21F2N3O4S. The average Bonchev–Trinajstić information content (AvgIpc) is 3.64. The number of thioether (sulfide) groups is 1. The maximum Gasteiger partial charge on any atom is 0.277 e. The minimum Gasteiger partial charge on any atom is -0.502 e. The zero-order valence-electron chi connectivity index (χ0n) is 19.0. The van der Waals surface area contributed by atoms with Crippen molar-refractivity contribution in [1.29, 1.82) is 0 Å². The number of benzene rings is 2. The first-order valence-electron chi connectivity index (χ1n) is 11.8. The van der Waals surface area contributed by atoms with Gasteiger partial charge in [-0.05, 0) is 29.9 Å². The molecule has 0 saturated heterocycles. The molecule has 36 heavy (non-hydrogen) atoms. The molecule has 184 valence electrons. The molecule has 7 nitrogen and oxygen atoms in total. The maximum absolute atomic E-state index is 15.4. The van der Waals surface area contributed by atoms with E-state index in [0.717, 1.165) is 22.9 Å². The summed E-state index contributed by atoms with van der Waals surface area (Å²) in [6.07, 6.45) is 2.29. The SMILES string of the molecule is O=C1c2c(O)c(=O)ccn2N2CN1C[C@H]1C[C@@H]1COc1cc(F)c(F)c3c1[C@@H]2c1ccccc1SC3. The molecular weight excluding hydrogens is 488 g/mol. The fourth-order valence-corrected chi connectivity index (χ4v) is 6.74. The van der Waals surface area contributed by atoms with E-state index in [1.165, 1.54) is 28.7 Å². The summed E-state index contributed by atoms with van der Waals surface area (Å²) in [6.45, 7) is 0.904. The molecule has 3 atom stereocenters. The molecule has 0 unspecified atom stereocenters. The smallest absolute Gasteiger partial charge is 0.277 e. The van der Waals surface area contributed by atoms with Crippen LogP contribution in [0.3, 0.4) is 0 Å². The average molecular weight is 510 g/mol. The zero-order chi connectivity index (χ0) is 24.7. The van der Waals surface area contributed by atoms with Gasteiger partial charge in [-0.2, -0.15) is 0 Å². The molecule has 3 aliphatic heterocycles. The van der Waals surface area contributed by atoms with Crippen molar-refractivity contribution in [2.45, 2.75) is 23.1 Å². The van der Waals surface area contributed by atoms with Gasteiger partial charge in [-0.1, -0.05) is 18.2 Å². The van der Waals surface area contributed by atoms with E-state index in [4.69, 9.17) is 4.74 Å². The first-order chi connectivity index (χ1) is 17.4. The van der Waals surface area contributed by atoms with Crippen LogP contribution in [0.25, 0.3) is 0 Å². The van der Waals surface area contributed by atoms with Crippen LogP contribution in [0.2, 0.25) is 0 Å². The van der Waals surface area contributed by atoms with Crippen LogP contribution >= 0.6 is 11.8 Å². The number of carbonyl (C=O) groups excluding carboxylic acids is 1. The Bertz CT molecular complexity index is 1510. The van der Waals surface area contributed by atoms with Crippen molar-refractivity contribution in [3.63, 3.8) is 0 Å². The van der Waals surface area contributed by atoms with E-state index in [2.05, 4.69) is 0 Å². The maximum atomic E-state index is 15.4. The number of nitrogens with zero attached hydrogens (tertiary/aromatic N) is 3. The standard InChI is InChI=1S/C26H21F2N3O4S/c27-17-8-19-21-16(22(17)28)11-36-20-4-2-1-3-15(20)23(21)31-12-29(9-13-7-14(13)10-35-19)26(34)24-25(33)18(32)5-6-30(24)31/h1-6,8,13-14,23,33H,7,9-12H2/t13-,14-,23+/m1/s1. The highest BCUT2D eigenvalue weighted by atomic mass is 32.2. The summed E-state index contributed by atoms with van der Waals surface area (Å²) in [5, 5.41) is 12.5. The molecule has 10 heteroatoms. The summed E-state index contributed by atoms with van der Waals surface area (Å²) in [5.41, 5.74) is 0.743. The van der Waals surface area contributed by atoms with Gasteiger partial charge in [0.2, 0.25) is 5.43 Å². The van der Waals surface area contributed by atoms with Crippen molar-refractivity contribution in [2.24, 2.45) is 11.8 Å². The van der Waals surface area contributed by atoms with Gasteiger partial charge in [0, 0.05) is 46.6 Å². The lowest BCUT2D eigenvalue weighted by Crippen LogP contribution is -2.56. The number of halogens is 2. The summed E-state index contributed by atoms with van der Waals surface area (Å²) < 4.78 is 37.8. The van der Waals surface area contributed by atoms with Gasteiger partial charge >= 0.3 is 0 Å². The number of hydrogen-bond acceptors (Lipinski definition) is 6. The monoisotopic (exact) mass is 509 g/mol. The predicted molar refractivity (Wildman–Crippen MR) is 128 cm³/mol. The molecule has 4 aliphatic rings. The van der Waals surface area contributed by atoms with Crippen molar-refractivity contribution >= 4 is 17.7 Å². The molecule has 0 radical (unpaired) electrons. The third-order valence-corrected chi connectivity index (χ3v) is 8.71. The van der Waals surface area contributed by atoms with Gasteiger partial charge < -0.3 is 14.7 Å². The van der Waals surface area contributed by atoms with Crippen LogP contribution in [0.1, 0.15) is 39.6 Å². The Morgan fingerprint density at radius 3 is 2.81 bits per heavy atom. The number of pyridine rings is 1. The van der Waals surface area contributed by atoms with Crippen molar-refractivity contribution in [1.82, 2.24) is 9.58 Å². The molecule has 7 rings (SSSR count). The van der Waals surface area contributed by atoms with Crippen LogP contribution in [0.15, 0.2) is 52.3 Å². The fraction of sp³-hybridized carbons (Fsp3) is 0.308. The van der Waals surface area contributed by atoms with E-state index in [0.29, 0.717) is 18.7 Å².